The summed E-state index contributed by atoms with van der Waals surface area (Å²) in [5, 5.41) is 29.2. The molecule has 12 nitrogen and oxygen atoms in total. The minimum Gasteiger partial charge on any atom is -0.399 e. The Bertz CT molecular complexity index is 3110. The molecule has 10 rings (SSSR count). The van der Waals surface area contributed by atoms with Gasteiger partial charge in [0.15, 0.2) is 20.8 Å². The van der Waals surface area contributed by atoms with Crippen LogP contribution >= 0.6 is 57.6 Å². The van der Waals surface area contributed by atoms with E-state index in [1.54, 1.807) is 12.1 Å². The Morgan fingerprint density at radius 3 is 1.57 bits per heavy atom. The monoisotopic (exact) mass is 1000 g/mol. The summed E-state index contributed by atoms with van der Waals surface area (Å²) in [5.74, 6) is -0.992. The van der Waals surface area contributed by atoms with Gasteiger partial charge in [0.1, 0.15) is 28.5 Å². The quantitative estimate of drug-likeness (QED) is 0.0714. The maximum absolute atomic E-state index is 13.5. The van der Waals surface area contributed by atoms with Crippen molar-refractivity contribution in [1.29, 1.82) is 10.5 Å². The summed E-state index contributed by atoms with van der Waals surface area (Å²) in [6.07, 6.45) is 10.2. The molecule has 2 aliphatic rings. The molecule has 346 valence electrons. The van der Waals surface area contributed by atoms with Gasteiger partial charge in [-0.05, 0) is 130 Å². The molecule has 0 aliphatic carbocycles. The first-order valence-electron chi connectivity index (χ1n) is 21.6. The van der Waals surface area contributed by atoms with Crippen molar-refractivity contribution in [3.63, 3.8) is 0 Å². The Labute approximate surface area is 414 Å². The van der Waals surface area contributed by atoms with Crippen LogP contribution in [0, 0.1) is 34.3 Å². The number of thioether (sulfide) groups is 1. The number of nitrogens with two attached hydrogens (primary N) is 1. The van der Waals surface area contributed by atoms with Crippen molar-refractivity contribution in [2.45, 2.75) is 43.1 Å². The van der Waals surface area contributed by atoms with E-state index < -0.39 is 11.6 Å². The Morgan fingerprint density at radius 2 is 1.10 bits per heavy atom. The first-order chi connectivity index (χ1) is 33.0. The van der Waals surface area contributed by atoms with Crippen molar-refractivity contribution in [2.24, 2.45) is 0 Å². The van der Waals surface area contributed by atoms with E-state index >= 15 is 0 Å². The normalized spacial score (nSPS) is 13.6. The molecule has 2 aliphatic heterocycles. The first kappa shape index (κ1) is 48.3. The molecule has 0 bridgehead atoms. The molecule has 0 radical (unpaired) electrons. The minimum absolute atomic E-state index is 0.00338. The lowest BCUT2D eigenvalue weighted by atomic mass is 10.2. The number of aromatic nitrogens is 4. The van der Waals surface area contributed by atoms with Crippen LogP contribution in [0.3, 0.4) is 0 Å². The summed E-state index contributed by atoms with van der Waals surface area (Å²) < 4.78 is 29.1. The molecule has 0 saturated carbocycles. The second-order valence-electron chi connectivity index (χ2n) is 15.9. The van der Waals surface area contributed by atoms with Crippen LogP contribution < -0.4 is 21.7 Å². The van der Waals surface area contributed by atoms with Crippen LogP contribution in [-0.2, 0) is 13.1 Å². The van der Waals surface area contributed by atoms with Gasteiger partial charge in [0.25, 0.3) is 0 Å². The average molecular weight is 1010 g/mol. The van der Waals surface area contributed by atoms with E-state index in [-0.39, 0.29) is 10.0 Å². The number of hydrogen-bond donors (Lipinski definition) is 4. The van der Waals surface area contributed by atoms with Crippen LogP contribution in [0.15, 0.2) is 102 Å². The lowest BCUT2D eigenvalue weighted by Crippen LogP contribution is -2.18. The molecule has 68 heavy (non-hydrogen) atoms. The molecule has 4 aromatic heterocycles. The van der Waals surface area contributed by atoms with E-state index in [1.807, 2.05) is 30.5 Å². The fourth-order valence-corrected chi connectivity index (χ4v) is 10.4. The number of nitriles is 2. The fourth-order valence-electron chi connectivity index (χ4n) is 7.56. The Morgan fingerprint density at radius 1 is 0.647 bits per heavy atom. The number of nitrogens with zero attached hydrogens (tertiary/aromatic N) is 8. The summed E-state index contributed by atoms with van der Waals surface area (Å²) in [7, 11) is 0. The summed E-state index contributed by atoms with van der Waals surface area (Å²) in [6.45, 7) is 6.91. The van der Waals surface area contributed by atoms with Crippen LogP contribution in [0.25, 0.3) is 20.7 Å². The summed E-state index contributed by atoms with van der Waals surface area (Å²) in [6, 6.07) is 29.4. The molecular formula is C49H44Cl2F2N12S3. The zero-order chi connectivity index (χ0) is 47.6. The Kier molecular flexibility index (Phi) is 16.2. The molecule has 2 fully saturated rings. The summed E-state index contributed by atoms with van der Waals surface area (Å²) in [5.41, 5.74) is 14.2. The Hall–Kier alpha value is -6.15. The second-order valence-corrected chi connectivity index (χ2v) is 19.7. The van der Waals surface area contributed by atoms with Crippen LogP contribution in [0.2, 0.25) is 10.0 Å². The third kappa shape index (κ3) is 12.3. The van der Waals surface area contributed by atoms with Crippen molar-refractivity contribution >= 4 is 118 Å². The maximum atomic E-state index is 13.5. The van der Waals surface area contributed by atoms with Gasteiger partial charge < -0.3 is 21.7 Å². The van der Waals surface area contributed by atoms with E-state index in [9.17, 15) is 19.3 Å². The highest BCUT2D eigenvalue weighted by Crippen LogP contribution is 2.38. The molecule has 0 unspecified atom stereocenters. The van der Waals surface area contributed by atoms with Gasteiger partial charge in [-0.2, -0.15) is 15.5 Å². The molecule has 19 heteroatoms. The lowest BCUT2D eigenvalue weighted by molar-refractivity contribution is 0.331. The van der Waals surface area contributed by atoms with Gasteiger partial charge in [0.2, 0.25) is 0 Å². The fraction of sp³-hybridized carbons (Fsp3) is 0.224. The molecule has 0 spiro atoms. The van der Waals surface area contributed by atoms with Crippen molar-refractivity contribution in [2.75, 3.05) is 54.1 Å². The number of pyridine rings is 2. The third-order valence-electron chi connectivity index (χ3n) is 11.0. The van der Waals surface area contributed by atoms with E-state index in [4.69, 9.17) is 28.9 Å². The van der Waals surface area contributed by atoms with E-state index in [0.717, 1.165) is 38.2 Å². The van der Waals surface area contributed by atoms with Gasteiger partial charge in [0, 0.05) is 48.2 Å². The number of hydrogen-bond acceptors (Lipinski definition) is 15. The van der Waals surface area contributed by atoms with Gasteiger partial charge in [-0.3, -0.25) is 9.80 Å². The number of nitrogens with one attached hydrogen (secondary N) is 3. The van der Waals surface area contributed by atoms with E-state index in [1.165, 1.54) is 134 Å². The third-order valence-corrected chi connectivity index (χ3v) is 14.6. The molecule has 2 saturated heterocycles. The van der Waals surface area contributed by atoms with Crippen molar-refractivity contribution in [1.82, 2.24) is 29.7 Å². The number of nitrogen functional groups attached to an aromatic ring is 1. The molecule has 5 N–H and O–H groups in total. The van der Waals surface area contributed by atoms with E-state index in [2.05, 4.69) is 82.1 Å². The zero-order valence-corrected chi connectivity index (χ0v) is 40.7. The predicted molar refractivity (Wildman–Crippen MR) is 275 cm³/mol. The summed E-state index contributed by atoms with van der Waals surface area (Å²) in [4.78, 5) is 22.4. The van der Waals surface area contributed by atoms with Gasteiger partial charge in [-0.15, -0.1) is 11.3 Å². The number of likely N-dealkylation sites (tertiary alicyclic amines) is 2. The van der Waals surface area contributed by atoms with Crippen molar-refractivity contribution in [3.05, 3.63) is 141 Å². The molecule has 4 aromatic carbocycles. The zero-order valence-electron chi connectivity index (χ0n) is 36.7. The smallest absolute Gasteiger partial charge is 0.189 e. The molecule has 8 aromatic rings. The number of halogens is 4. The number of rotatable bonds is 11. The van der Waals surface area contributed by atoms with Crippen LogP contribution in [-0.4, -0.2) is 62.2 Å². The molecule has 6 heterocycles. The van der Waals surface area contributed by atoms with Crippen LogP contribution in [0.1, 0.15) is 47.9 Å². The standard InChI is InChI=1S/C24H20ClFN6S.C14H8ClFN4S2.C11H16N2/c25-19-11-18(7-8-20(19)26)29-21-16(12-27)13-28-23-22(21)33-24(31-23)30-17-5-3-15(4-6-17)14-32-9-1-2-10-32;1-21-14-20-13-12(22-14)11(7(5-17)6-18-13)19-8-2-3-10(16)9(15)4-8;12-11-5-3-10(4-6-11)9-13-7-1-2-8-13/h3-8,11,13H,1-2,9-10,14H2,(H2,28,29,30,31);2-4,6H,1H3,(H,18,19);3-6H,1-2,7-9,12H2. The first-order valence-corrected chi connectivity index (χ1v) is 25.2. The number of benzene rings is 4. The van der Waals surface area contributed by atoms with E-state index in [0.29, 0.717) is 50.3 Å². The SMILES string of the molecule is CSc1nc2ncc(C#N)c(Nc3ccc(F)c(Cl)c3)c2s1.N#Cc1cnc2nc(Nc3ccc(CN4CCCC4)cc3)sc2c1Nc1ccc(F)c(Cl)c1.Nc1ccc(CN2CCCC2)cc1. The summed E-state index contributed by atoms with van der Waals surface area (Å²) >= 11 is 16.1. The van der Waals surface area contributed by atoms with Gasteiger partial charge in [-0.25, -0.2) is 23.7 Å². The lowest BCUT2D eigenvalue weighted by Gasteiger charge is -2.14. The number of anilines is 7. The van der Waals surface area contributed by atoms with Crippen molar-refractivity contribution < 1.29 is 8.78 Å². The number of fused-ring (bicyclic) bond motifs is 2. The Balaban J connectivity index is 0.000000153. The molecule has 0 amide bonds. The maximum Gasteiger partial charge on any atom is 0.189 e. The van der Waals surface area contributed by atoms with Crippen LogP contribution in [0.4, 0.5) is 48.0 Å². The van der Waals surface area contributed by atoms with Gasteiger partial charge in [-0.1, -0.05) is 70.6 Å². The second kappa shape index (κ2) is 22.8. The highest BCUT2D eigenvalue weighted by atomic mass is 35.5. The predicted octanol–water partition coefficient (Wildman–Crippen LogP) is 13.1. The number of thiazole rings is 2. The van der Waals surface area contributed by atoms with Crippen molar-refractivity contribution in [3.8, 4) is 12.1 Å². The average Bonchev–Trinajstić information content (AvgIpc) is 4.20. The van der Waals surface area contributed by atoms with Crippen LogP contribution in [0.5, 0.6) is 0 Å². The van der Waals surface area contributed by atoms with Gasteiger partial charge in [0.05, 0.1) is 37.2 Å². The minimum atomic E-state index is -0.502. The molecular weight excluding hydrogens is 962 g/mol. The highest BCUT2D eigenvalue weighted by Gasteiger charge is 2.18. The topological polar surface area (TPSA) is 168 Å². The van der Waals surface area contributed by atoms with Gasteiger partial charge >= 0.3 is 0 Å². The molecule has 0 atom stereocenters. The largest absolute Gasteiger partial charge is 0.399 e. The highest BCUT2D eigenvalue weighted by molar-refractivity contribution is 8.00.